The molecule has 0 aliphatic heterocycles. The van der Waals surface area contributed by atoms with Crippen molar-refractivity contribution >= 4 is 17.7 Å². The number of nitrogens with one attached hydrogen (secondary N) is 1. The molecule has 1 N–H and O–H groups in total. The molecule has 4 rings (SSSR count). The largest absolute Gasteiger partial charge is 0.493 e. The van der Waals surface area contributed by atoms with E-state index in [4.69, 9.17) is 4.74 Å². The van der Waals surface area contributed by atoms with Crippen molar-refractivity contribution in [2.24, 2.45) is 11.8 Å². The first-order valence-corrected chi connectivity index (χ1v) is 11.3. The Bertz CT molecular complexity index is 838. The van der Waals surface area contributed by atoms with E-state index in [1.54, 1.807) is 0 Å². The third-order valence-corrected chi connectivity index (χ3v) is 6.84. The molecule has 2 aliphatic carbocycles. The van der Waals surface area contributed by atoms with Crippen molar-refractivity contribution in [3.8, 4) is 17.1 Å². The van der Waals surface area contributed by atoms with Crippen LogP contribution in [-0.4, -0.2) is 39.1 Å². The van der Waals surface area contributed by atoms with E-state index in [1.807, 2.05) is 35.8 Å². The zero-order valence-electron chi connectivity index (χ0n) is 16.6. The van der Waals surface area contributed by atoms with Crippen molar-refractivity contribution in [2.45, 2.75) is 57.3 Å². The number of thioether (sulfide) groups is 1. The van der Waals surface area contributed by atoms with Gasteiger partial charge in [-0.2, -0.15) is 0 Å². The quantitative estimate of drug-likeness (QED) is 0.683. The summed E-state index contributed by atoms with van der Waals surface area (Å²) < 4.78 is 7.79. The van der Waals surface area contributed by atoms with Crippen LogP contribution in [0.25, 0.3) is 11.4 Å². The average molecular weight is 401 g/mol. The number of benzene rings is 1. The minimum Gasteiger partial charge on any atom is -0.493 e. The van der Waals surface area contributed by atoms with Crippen LogP contribution in [0.2, 0.25) is 0 Å². The van der Waals surface area contributed by atoms with Crippen LogP contribution in [0.15, 0.2) is 29.4 Å². The summed E-state index contributed by atoms with van der Waals surface area (Å²) in [6.45, 7) is 5.37. The van der Waals surface area contributed by atoms with E-state index in [0.717, 1.165) is 41.2 Å². The van der Waals surface area contributed by atoms with Gasteiger partial charge in [-0.1, -0.05) is 30.3 Å². The topological polar surface area (TPSA) is 69.0 Å². The molecule has 28 heavy (non-hydrogen) atoms. The Balaban J connectivity index is 1.42. The molecular weight excluding hydrogens is 372 g/mol. The lowest BCUT2D eigenvalue weighted by Crippen LogP contribution is -2.39. The zero-order valence-corrected chi connectivity index (χ0v) is 17.4. The van der Waals surface area contributed by atoms with Crippen LogP contribution < -0.4 is 10.1 Å². The van der Waals surface area contributed by atoms with Crippen LogP contribution in [-0.2, 0) is 11.3 Å². The molecule has 2 bridgehead atoms. The maximum atomic E-state index is 12.5. The summed E-state index contributed by atoms with van der Waals surface area (Å²) in [6, 6.07) is 8.25. The highest BCUT2D eigenvalue weighted by molar-refractivity contribution is 7.99. The molecule has 0 radical (unpaired) electrons. The number of aromatic nitrogens is 3. The monoisotopic (exact) mass is 400 g/mol. The fourth-order valence-electron chi connectivity index (χ4n) is 4.61. The molecule has 2 aliphatic rings. The number of amides is 1. The highest BCUT2D eigenvalue weighted by Gasteiger charge is 2.40. The fraction of sp³-hybridized carbons (Fsp3) is 0.571. The first-order valence-electron chi connectivity index (χ1n) is 10.3. The second-order valence-electron chi connectivity index (χ2n) is 7.62. The minimum atomic E-state index is 0.101. The lowest BCUT2D eigenvalue weighted by Gasteiger charge is -2.22. The Labute approximate surface area is 170 Å². The van der Waals surface area contributed by atoms with Gasteiger partial charge in [-0.05, 0) is 57.1 Å². The van der Waals surface area contributed by atoms with Gasteiger partial charge in [-0.3, -0.25) is 4.79 Å². The Kier molecular flexibility index (Phi) is 5.90. The smallest absolute Gasteiger partial charge is 0.230 e. The molecular formula is C21H28N4O2S. The van der Waals surface area contributed by atoms with Crippen molar-refractivity contribution < 1.29 is 9.53 Å². The van der Waals surface area contributed by atoms with Crippen molar-refractivity contribution in [1.82, 2.24) is 20.1 Å². The van der Waals surface area contributed by atoms with E-state index in [0.29, 0.717) is 24.3 Å². The highest BCUT2D eigenvalue weighted by Crippen LogP contribution is 2.44. The molecule has 0 saturated heterocycles. The van der Waals surface area contributed by atoms with E-state index >= 15 is 0 Å². The van der Waals surface area contributed by atoms with E-state index in [1.165, 1.54) is 31.0 Å². The number of carbonyl (C=O) groups excluding carboxylic acids is 1. The zero-order chi connectivity index (χ0) is 19.5. The van der Waals surface area contributed by atoms with Gasteiger partial charge in [-0.25, -0.2) is 0 Å². The number of ether oxygens (including phenoxy) is 1. The van der Waals surface area contributed by atoms with Gasteiger partial charge in [0.25, 0.3) is 0 Å². The Morgan fingerprint density at radius 3 is 2.82 bits per heavy atom. The van der Waals surface area contributed by atoms with Gasteiger partial charge in [0.15, 0.2) is 11.0 Å². The lowest BCUT2D eigenvalue weighted by atomic mass is 9.95. The van der Waals surface area contributed by atoms with Gasteiger partial charge in [-0.15, -0.1) is 10.2 Å². The summed E-state index contributed by atoms with van der Waals surface area (Å²) in [5.41, 5.74) is 0.928. The maximum Gasteiger partial charge on any atom is 0.230 e. The standard InChI is InChI=1S/C21H28N4O2S/c1-3-25-20(16-7-5-6-8-18(16)27-4-2)23-24-21(25)28-13-19(26)22-17-12-14-9-10-15(17)11-14/h5-8,14-15,17H,3-4,9-13H2,1-2H3,(H,22,26)/t14-,15-,17+/m0/s1. The van der Waals surface area contributed by atoms with Gasteiger partial charge in [0, 0.05) is 12.6 Å². The Morgan fingerprint density at radius 1 is 1.25 bits per heavy atom. The molecule has 0 spiro atoms. The van der Waals surface area contributed by atoms with Crippen LogP contribution in [0.4, 0.5) is 0 Å². The van der Waals surface area contributed by atoms with Crippen molar-refractivity contribution in [2.75, 3.05) is 12.4 Å². The van der Waals surface area contributed by atoms with Gasteiger partial charge < -0.3 is 14.6 Å². The summed E-state index contributed by atoms with van der Waals surface area (Å²) in [6.07, 6.45) is 5.07. The second-order valence-corrected chi connectivity index (χ2v) is 8.56. The molecule has 1 aromatic heterocycles. The van der Waals surface area contributed by atoms with Crippen LogP contribution >= 0.6 is 11.8 Å². The molecule has 7 heteroatoms. The molecule has 2 fully saturated rings. The number of fused-ring (bicyclic) bond motifs is 2. The molecule has 150 valence electrons. The third-order valence-electron chi connectivity index (χ3n) is 5.88. The predicted molar refractivity (Wildman–Crippen MR) is 110 cm³/mol. The molecule has 2 saturated carbocycles. The van der Waals surface area contributed by atoms with Crippen molar-refractivity contribution in [1.29, 1.82) is 0 Å². The number of nitrogens with zero attached hydrogens (tertiary/aromatic N) is 3. The van der Waals surface area contributed by atoms with Gasteiger partial charge >= 0.3 is 0 Å². The van der Waals surface area contributed by atoms with E-state index in [-0.39, 0.29) is 5.91 Å². The number of rotatable bonds is 8. The van der Waals surface area contributed by atoms with Crippen LogP contribution in [0.5, 0.6) is 5.75 Å². The van der Waals surface area contributed by atoms with Gasteiger partial charge in [0.05, 0.1) is 17.9 Å². The number of hydrogen-bond acceptors (Lipinski definition) is 5. The summed E-state index contributed by atoms with van der Waals surface area (Å²) in [4.78, 5) is 12.5. The van der Waals surface area contributed by atoms with Crippen LogP contribution in [0.3, 0.4) is 0 Å². The summed E-state index contributed by atoms with van der Waals surface area (Å²) in [5, 5.41) is 12.8. The molecule has 0 unspecified atom stereocenters. The average Bonchev–Trinajstić information content (AvgIpc) is 3.42. The SMILES string of the molecule is CCOc1ccccc1-c1nnc(SCC(=O)N[C@@H]2C[C@H]3CC[C@H]2C3)n1CC. The highest BCUT2D eigenvalue weighted by atomic mass is 32.2. The van der Waals surface area contributed by atoms with Crippen LogP contribution in [0, 0.1) is 11.8 Å². The van der Waals surface area contributed by atoms with E-state index in [9.17, 15) is 4.79 Å². The van der Waals surface area contributed by atoms with Crippen molar-refractivity contribution in [3.63, 3.8) is 0 Å². The number of carbonyl (C=O) groups is 1. The predicted octanol–water partition coefficient (Wildman–Crippen LogP) is 3.76. The molecule has 3 atom stereocenters. The normalized spacial score (nSPS) is 23.1. The van der Waals surface area contributed by atoms with Gasteiger partial charge in [0.1, 0.15) is 5.75 Å². The first kappa shape index (κ1) is 19.3. The Hall–Kier alpha value is -2.02. The Morgan fingerprint density at radius 2 is 2.11 bits per heavy atom. The summed E-state index contributed by atoms with van der Waals surface area (Å²) in [5.74, 6) is 3.59. The molecule has 2 aromatic rings. The van der Waals surface area contributed by atoms with Crippen LogP contribution in [0.1, 0.15) is 39.5 Å². The maximum absolute atomic E-state index is 12.5. The molecule has 1 amide bonds. The first-order chi connectivity index (χ1) is 13.7. The summed E-state index contributed by atoms with van der Waals surface area (Å²) >= 11 is 1.45. The van der Waals surface area contributed by atoms with E-state index in [2.05, 4.69) is 22.4 Å². The number of hydrogen-bond donors (Lipinski definition) is 1. The fourth-order valence-corrected chi connectivity index (χ4v) is 5.43. The van der Waals surface area contributed by atoms with Gasteiger partial charge in [0.2, 0.25) is 5.91 Å². The third kappa shape index (κ3) is 3.90. The van der Waals surface area contributed by atoms with Crippen molar-refractivity contribution in [3.05, 3.63) is 24.3 Å². The molecule has 6 nitrogen and oxygen atoms in total. The molecule has 1 heterocycles. The molecule has 1 aromatic carbocycles. The number of para-hydroxylation sites is 1. The minimum absolute atomic E-state index is 0.101. The van der Waals surface area contributed by atoms with E-state index < -0.39 is 0 Å². The second kappa shape index (κ2) is 8.55. The summed E-state index contributed by atoms with van der Waals surface area (Å²) in [7, 11) is 0. The lowest BCUT2D eigenvalue weighted by molar-refractivity contribution is -0.119.